The van der Waals surface area contributed by atoms with Crippen LogP contribution in [-0.4, -0.2) is 56.1 Å². The molecular weight excluding hydrogens is 415 g/mol. The van der Waals surface area contributed by atoms with E-state index in [-0.39, 0.29) is 18.3 Å². The summed E-state index contributed by atoms with van der Waals surface area (Å²) >= 11 is 1.36. The molecule has 1 amide bonds. The van der Waals surface area contributed by atoms with Gasteiger partial charge in [-0.15, -0.1) is 11.3 Å². The number of rotatable bonds is 6. The second-order valence-corrected chi connectivity index (χ2v) is 8.78. The SMILES string of the molecule is COCc1c(C(=O)N2CCCN(Cc3ccc(OC)cc3)CC2)sc2cccc(F)c12. The first-order valence-corrected chi connectivity index (χ1v) is 11.3. The fraction of sp³-hybridized carbons (Fsp3) is 0.375. The third kappa shape index (κ3) is 4.74. The molecule has 1 aliphatic rings. The van der Waals surface area contributed by atoms with Crippen LogP contribution in [0.3, 0.4) is 0 Å². The van der Waals surface area contributed by atoms with Crippen LogP contribution >= 0.6 is 11.3 Å². The van der Waals surface area contributed by atoms with Gasteiger partial charge in [-0.3, -0.25) is 9.69 Å². The van der Waals surface area contributed by atoms with Crippen molar-refractivity contribution in [2.24, 2.45) is 0 Å². The van der Waals surface area contributed by atoms with Crippen molar-refractivity contribution in [3.8, 4) is 5.75 Å². The molecule has 3 aromatic rings. The minimum atomic E-state index is -0.304. The highest BCUT2D eigenvalue weighted by Crippen LogP contribution is 2.34. The maximum atomic E-state index is 14.5. The van der Waals surface area contributed by atoms with Crippen LogP contribution in [-0.2, 0) is 17.9 Å². The molecule has 1 aliphatic heterocycles. The van der Waals surface area contributed by atoms with Crippen LogP contribution in [0.2, 0.25) is 0 Å². The van der Waals surface area contributed by atoms with Crippen LogP contribution in [0, 0.1) is 5.82 Å². The molecule has 2 aromatic carbocycles. The third-order valence-electron chi connectivity index (χ3n) is 5.69. The molecule has 31 heavy (non-hydrogen) atoms. The number of methoxy groups -OCH3 is 2. The Morgan fingerprint density at radius 1 is 1.06 bits per heavy atom. The molecule has 0 atom stereocenters. The Balaban J connectivity index is 1.48. The van der Waals surface area contributed by atoms with Crippen molar-refractivity contribution >= 4 is 27.3 Å². The molecule has 0 saturated carbocycles. The number of nitrogens with zero attached hydrogens (tertiary/aromatic N) is 2. The van der Waals surface area contributed by atoms with Crippen LogP contribution in [0.15, 0.2) is 42.5 Å². The molecule has 0 spiro atoms. The van der Waals surface area contributed by atoms with Gasteiger partial charge in [-0.25, -0.2) is 4.39 Å². The zero-order valence-electron chi connectivity index (χ0n) is 17.9. The van der Waals surface area contributed by atoms with E-state index >= 15 is 0 Å². The first-order chi connectivity index (χ1) is 15.1. The number of amides is 1. The molecule has 0 N–H and O–H groups in total. The minimum Gasteiger partial charge on any atom is -0.497 e. The van der Waals surface area contributed by atoms with Gasteiger partial charge in [0.15, 0.2) is 0 Å². The minimum absolute atomic E-state index is 0.0288. The molecule has 1 saturated heterocycles. The molecule has 2 heterocycles. The molecule has 164 valence electrons. The summed E-state index contributed by atoms with van der Waals surface area (Å²) in [6.45, 7) is 4.14. The molecule has 7 heteroatoms. The first-order valence-electron chi connectivity index (χ1n) is 10.4. The lowest BCUT2D eigenvalue weighted by atomic mass is 10.1. The van der Waals surface area contributed by atoms with E-state index in [0.717, 1.165) is 36.5 Å². The van der Waals surface area contributed by atoms with Crippen molar-refractivity contribution in [1.29, 1.82) is 0 Å². The van der Waals surface area contributed by atoms with Gasteiger partial charge in [0, 0.05) is 55.5 Å². The summed E-state index contributed by atoms with van der Waals surface area (Å²) in [6.07, 6.45) is 0.904. The molecule has 0 radical (unpaired) electrons. The fourth-order valence-electron chi connectivity index (χ4n) is 4.09. The molecule has 0 aliphatic carbocycles. The number of carbonyl (C=O) groups is 1. The van der Waals surface area contributed by atoms with E-state index in [1.165, 1.54) is 23.0 Å². The zero-order chi connectivity index (χ0) is 21.8. The van der Waals surface area contributed by atoms with E-state index in [2.05, 4.69) is 17.0 Å². The van der Waals surface area contributed by atoms with Crippen LogP contribution in [0.4, 0.5) is 4.39 Å². The van der Waals surface area contributed by atoms with E-state index in [0.29, 0.717) is 28.9 Å². The molecular formula is C24H27FN2O3S. The van der Waals surface area contributed by atoms with Gasteiger partial charge in [-0.1, -0.05) is 18.2 Å². The third-order valence-corrected chi connectivity index (χ3v) is 6.87. The Hall–Kier alpha value is -2.48. The summed E-state index contributed by atoms with van der Waals surface area (Å²) in [7, 11) is 3.24. The molecule has 5 nitrogen and oxygen atoms in total. The Bertz CT molecular complexity index is 1050. The predicted molar refractivity (Wildman–Crippen MR) is 121 cm³/mol. The van der Waals surface area contributed by atoms with E-state index < -0.39 is 0 Å². The predicted octanol–water partition coefficient (Wildman–Crippen LogP) is 4.54. The zero-order valence-corrected chi connectivity index (χ0v) is 18.7. The van der Waals surface area contributed by atoms with Crippen molar-refractivity contribution in [2.75, 3.05) is 40.4 Å². The Morgan fingerprint density at radius 3 is 2.61 bits per heavy atom. The van der Waals surface area contributed by atoms with E-state index in [4.69, 9.17) is 9.47 Å². The highest BCUT2D eigenvalue weighted by Gasteiger charge is 2.26. The van der Waals surface area contributed by atoms with Gasteiger partial charge in [-0.2, -0.15) is 0 Å². The molecule has 1 fully saturated rings. The first kappa shape index (κ1) is 21.7. The van der Waals surface area contributed by atoms with E-state index in [1.54, 1.807) is 20.3 Å². The summed E-state index contributed by atoms with van der Waals surface area (Å²) in [5.74, 6) is 0.517. The van der Waals surface area contributed by atoms with Gasteiger partial charge < -0.3 is 14.4 Å². The van der Waals surface area contributed by atoms with Crippen molar-refractivity contribution in [3.05, 3.63) is 64.3 Å². The maximum absolute atomic E-state index is 14.5. The van der Waals surface area contributed by atoms with Crippen molar-refractivity contribution in [1.82, 2.24) is 9.80 Å². The Morgan fingerprint density at radius 2 is 1.87 bits per heavy atom. The van der Waals surface area contributed by atoms with Crippen molar-refractivity contribution in [3.63, 3.8) is 0 Å². The maximum Gasteiger partial charge on any atom is 0.264 e. The fourth-order valence-corrected chi connectivity index (χ4v) is 5.28. The number of hydrogen-bond donors (Lipinski definition) is 0. The normalized spacial score (nSPS) is 15.3. The molecule has 1 aromatic heterocycles. The van der Waals surface area contributed by atoms with Gasteiger partial charge in [0.2, 0.25) is 0 Å². The lowest BCUT2D eigenvalue weighted by Crippen LogP contribution is -2.35. The van der Waals surface area contributed by atoms with Crippen LogP contribution < -0.4 is 4.74 Å². The monoisotopic (exact) mass is 442 g/mol. The number of fused-ring (bicyclic) bond motifs is 1. The van der Waals surface area contributed by atoms with Crippen molar-refractivity contribution < 1.29 is 18.7 Å². The van der Waals surface area contributed by atoms with Gasteiger partial charge >= 0.3 is 0 Å². The second kappa shape index (κ2) is 9.77. The summed E-state index contributed by atoms with van der Waals surface area (Å²) in [6, 6.07) is 13.1. The number of thiophene rings is 1. The lowest BCUT2D eigenvalue weighted by Gasteiger charge is -2.22. The summed E-state index contributed by atoms with van der Waals surface area (Å²) < 4.78 is 25.8. The van der Waals surface area contributed by atoms with Gasteiger partial charge in [-0.05, 0) is 36.2 Å². The average molecular weight is 443 g/mol. The Labute approximate surface area is 186 Å². The van der Waals surface area contributed by atoms with E-state index in [1.807, 2.05) is 23.1 Å². The highest BCUT2D eigenvalue weighted by molar-refractivity contribution is 7.21. The summed E-state index contributed by atoms with van der Waals surface area (Å²) in [5, 5.41) is 0.508. The number of halogens is 1. The van der Waals surface area contributed by atoms with Crippen LogP contribution in [0.25, 0.3) is 10.1 Å². The van der Waals surface area contributed by atoms with Gasteiger partial charge in [0.25, 0.3) is 5.91 Å². The molecule has 4 rings (SSSR count). The number of benzene rings is 2. The van der Waals surface area contributed by atoms with Gasteiger partial charge in [0.05, 0.1) is 18.6 Å². The summed E-state index contributed by atoms with van der Waals surface area (Å²) in [4.78, 5) is 18.2. The van der Waals surface area contributed by atoms with Crippen molar-refractivity contribution in [2.45, 2.75) is 19.6 Å². The summed E-state index contributed by atoms with van der Waals surface area (Å²) in [5.41, 5.74) is 1.88. The van der Waals surface area contributed by atoms with Crippen LogP contribution in [0.1, 0.15) is 27.2 Å². The topological polar surface area (TPSA) is 42.0 Å². The second-order valence-electron chi connectivity index (χ2n) is 7.73. The standard InChI is InChI=1S/C24H27FN2O3S/c1-29-16-19-22-20(25)5-3-6-21(22)31-23(19)24(28)27-12-4-11-26(13-14-27)15-17-7-9-18(30-2)10-8-17/h3,5-10H,4,11-16H2,1-2H3. The number of ether oxygens (including phenoxy) is 2. The smallest absolute Gasteiger partial charge is 0.264 e. The van der Waals surface area contributed by atoms with E-state index in [9.17, 15) is 9.18 Å². The average Bonchev–Trinajstić information content (AvgIpc) is 2.99. The number of hydrogen-bond acceptors (Lipinski definition) is 5. The van der Waals surface area contributed by atoms with Crippen LogP contribution in [0.5, 0.6) is 5.75 Å². The highest BCUT2D eigenvalue weighted by atomic mass is 32.1. The lowest BCUT2D eigenvalue weighted by molar-refractivity contribution is 0.0761. The van der Waals surface area contributed by atoms with Gasteiger partial charge in [0.1, 0.15) is 11.6 Å². The molecule has 0 bridgehead atoms. The largest absolute Gasteiger partial charge is 0.497 e. The number of carbonyl (C=O) groups excluding carboxylic acids is 1. The quantitative estimate of drug-likeness (QED) is 0.562. The molecule has 0 unspecified atom stereocenters. The Kier molecular flexibility index (Phi) is 6.85.